The summed E-state index contributed by atoms with van der Waals surface area (Å²) < 4.78 is 13.9. The van der Waals surface area contributed by atoms with Crippen LogP contribution in [-0.4, -0.2) is 35.4 Å². The molecule has 4 nitrogen and oxygen atoms in total. The maximum atomic E-state index is 13.9. The van der Waals surface area contributed by atoms with E-state index >= 15 is 0 Å². The third-order valence-electron chi connectivity index (χ3n) is 3.17. The molecular formula is C12H16FN3O. The van der Waals surface area contributed by atoms with Crippen LogP contribution in [0.3, 0.4) is 0 Å². The average Bonchev–Trinajstić information content (AvgIpc) is 2.75. The fourth-order valence-corrected chi connectivity index (χ4v) is 2.17. The summed E-state index contributed by atoms with van der Waals surface area (Å²) in [6, 6.07) is 1.62. The molecule has 2 rings (SSSR count). The molecule has 0 bridgehead atoms. The Morgan fingerprint density at radius 3 is 3.00 bits per heavy atom. The van der Waals surface area contributed by atoms with Crippen molar-refractivity contribution in [3.8, 4) is 0 Å². The predicted octanol–water partition coefficient (Wildman–Crippen LogP) is 1.89. The third-order valence-corrected chi connectivity index (χ3v) is 3.17. The maximum absolute atomic E-state index is 13.9. The summed E-state index contributed by atoms with van der Waals surface area (Å²) in [5, 5.41) is 2.64. The number of amides is 1. The molecule has 0 aromatic carbocycles. The highest BCUT2D eigenvalue weighted by molar-refractivity contribution is 5.95. The van der Waals surface area contributed by atoms with Gasteiger partial charge in [0.05, 0.1) is 5.56 Å². The van der Waals surface area contributed by atoms with Gasteiger partial charge in [-0.2, -0.15) is 0 Å². The molecule has 0 spiro atoms. The first-order valence-corrected chi connectivity index (χ1v) is 5.78. The molecule has 1 aromatic heterocycles. The molecule has 0 aliphatic carbocycles. The molecule has 1 aromatic rings. The van der Waals surface area contributed by atoms with Crippen LogP contribution in [0.2, 0.25) is 0 Å². The molecule has 1 saturated heterocycles. The summed E-state index contributed by atoms with van der Waals surface area (Å²) in [7, 11) is 1.58. The molecular weight excluding hydrogens is 221 g/mol. The van der Waals surface area contributed by atoms with E-state index in [0.717, 1.165) is 12.8 Å². The predicted molar refractivity (Wildman–Crippen MR) is 63.5 cm³/mol. The van der Waals surface area contributed by atoms with Crippen molar-refractivity contribution >= 4 is 11.7 Å². The molecule has 2 heterocycles. The number of hydrogen-bond acceptors (Lipinski definition) is 3. The van der Waals surface area contributed by atoms with Crippen molar-refractivity contribution < 1.29 is 9.18 Å². The number of pyridine rings is 1. The van der Waals surface area contributed by atoms with Gasteiger partial charge in [-0.3, -0.25) is 4.79 Å². The summed E-state index contributed by atoms with van der Waals surface area (Å²) in [6.07, 6.45) is 3.42. The molecule has 92 valence electrons. The van der Waals surface area contributed by atoms with Gasteiger partial charge >= 0.3 is 0 Å². The zero-order valence-electron chi connectivity index (χ0n) is 10.0. The molecule has 1 fully saturated rings. The van der Waals surface area contributed by atoms with Crippen molar-refractivity contribution in [2.75, 3.05) is 18.9 Å². The quantitative estimate of drug-likeness (QED) is 0.854. The van der Waals surface area contributed by atoms with Gasteiger partial charge in [0.15, 0.2) is 11.6 Å². The van der Waals surface area contributed by atoms with Crippen molar-refractivity contribution in [1.82, 2.24) is 9.88 Å². The van der Waals surface area contributed by atoms with Crippen LogP contribution in [0.4, 0.5) is 10.2 Å². The molecule has 17 heavy (non-hydrogen) atoms. The molecule has 1 aliphatic rings. The fraction of sp³-hybridized carbons (Fsp3) is 0.500. The molecule has 1 aliphatic heterocycles. The van der Waals surface area contributed by atoms with Crippen molar-refractivity contribution in [2.45, 2.75) is 25.8 Å². The summed E-state index contributed by atoms with van der Waals surface area (Å²) in [6.45, 7) is 2.69. The standard InChI is InChI=1S/C12H16FN3O/c1-8-4-3-7-16(8)12(17)9-5-6-15-11(14-2)10(9)13/h5-6,8H,3-4,7H2,1-2H3,(H,14,15). The van der Waals surface area contributed by atoms with E-state index in [0.29, 0.717) is 6.54 Å². The highest BCUT2D eigenvalue weighted by atomic mass is 19.1. The number of carbonyl (C=O) groups excluding carboxylic acids is 1. The minimum Gasteiger partial charge on any atom is -0.371 e. The van der Waals surface area contributed by atoms with Crippen LogP contribution in [0, 0.1) is 5.82 Å². The number of aromatic nitrogens is 1. The van der Waals surface area contributed by atoms with Crippen LogP contribution in [0.25, 0.3) is 0 Å². The molecule has 1 amide bonds. The summed E-state index contributed by atoms with van der Waals surface area (Å²) in [5.41, 5.74) is 0.0955. The van der Waals surface area contributed by atoms with E-state index in [4.69, 9.17) is 0 Å². The smallest absolute Gasteiger partial charge is 0.257 e. The van der Waals surface area contributed by atoms with Gasteiger partial charge in [0.25, 0.3) is 5.91 Å². The van der Waals surface area contributed by atoms with Crippen LogP contribution >= 0.6 is 0 Å². The largest absolute Gasteiger partial charge is 0.371 e. The van der Waals surface area contributed by atoms with Gasteiger partial charge in [-0.05, 0) is 25.8 Å². The third kappa shape index (κ3) is 2.09. The Hall–Kier alpha value is -1.65. The normalized spacial score (nSPS) is 19.5. The van der Waals surface area contributed by atoms with E-state index in [1.807, 2.05) is 6.92 Å². The first-order chi connectivity index (χ1) is 8.15. The van der Waals surface area contributed by atoms with Gasteiger partial charge in [-0.25, -0.2) is 9.37 Å². The Labute approximate surface area is 99.8 Å². The lowest BCUT2D eigenvalue weighted by atomic mass is 10.2. The zero-order valence-corrected chi connectivity index (χ0v) is 10.0. The van der Waals surface area contributed by atoms with Crippen molar-refractivity contribution in [2.24, 2.45) is 0 Å². The van der Waals surface area contributed by atoms with Gasteiger partial charge in [0, 0.05) is 25.8 Å². The van der Waals surface area contributed by atoms with Crippen molar-refractivity contribution in [1.29, 1.82) is 0 Å². The second kappa shape index (κ2) is 4.69. The molecule has 5 heteroatoms. The van der Waals surface area contributed by atoms with Gasteiger partial charge in [0.1, 0.15) is 0 Å². The Kier molecular flexibility index (Phi) is 3.26. The average molecular weight is 237 g/mol. The van der Waals surface area contributed by atoms with E-state index < -0.39 is 5.82 Å². The lowest BCUT2D eigenvalue weighted by molar-refractivity contribution is 0.0742. The van der Waals surface area contributed by atoms with Crippen molar-refractivity contribution in [3.63, 3.8) is 0 Å². The minimum atomic E-state index is -0.570. The fourth-order valence-electron chi connectivity index (χ4n) is 2.17. The summed E-state index contributed by atoms with van der Waals surface area (Å²) in [4.78, 5) is 17.7. The number of hydrogen-bond donors (Lipinski definition) is 1. The van der Waals surface area contributed by atoms with Gasteiger partial charge in [-0.15, -0.1) is 0 Å². The number of likely N-dealkylation sites (tertiary alicyclic amines) is 1. The number of rotatable bonds is 2. The van der Waals surface area contributed by atoms with Gasteiger partial charge in [0.2, 0.25) is 0 Å². The maximum Gasteiger partial charge on any atom is 0.257 e. The summed E-state index contributed by atoms with van der Waals surface area (Å²) >= 11 is 0. The van der Waals surface area contributed by atoms with E-state index in [2.05, 4.69) is 10.3 Å². The van der Waals surface area contributed by atoms with Gasteiger partial charge in [-0.1, -0.05) is 0 Å². The highest BCUT2D eigenvalue weighted by Crippen LogP contribution is 2.22. The molecule has 1 atom stereocenters. The highest BCUT2D eigenvalue weighted by Gasteiger charge is 2.28. The number of nitrogens with one attached hydrogen (secondary N) is 1. The SMILES string of the molecule is CNc1nccc(C(=O)N2CCCC2C)c1F. The Bertz CT molecular complexity index is 436. The van der Waals surface area contributed by atoms with Crippen LogP contribution in [0.15, 0.2) is 12.3 Å². The topological polar surface area (TPSA) is 45.2 Å². The Balaban J connectivity index is 2.30. The number of halogens is 1. The Morgan fingerprint density at radius 1 is 1.65 bits per heavy atom. The lowest BCUT2D eigenvalue weighted by Gasteiger charge is -2.21. The molecule has 0 radical (unpaired) electrons. The van der Waals surface area contributed by atoms with Crippen LogP contribution < -0.4 is 5.32 Å². The number of carbonyl (C=O) groups is 1. The van der Waals surface area contributed by atoms with E-state index in [-0.39, 0.29) is 23.3 Å². The lowest BCUT2D eigenvalue weighted by Crippen LogP contribution is -2.34. The van der Waals surface area contributed by atoms with Crippen LogP contribution in [0.1, 0.15) is 30.1 Å². The second-order valence-corrected chi connectivity index (χ2v) is 4.26. The van der Waals surface area contributed by atoms with Crippen LogP contribution in [-0.2, 0) is 0 Å². The molecule has 1 unspecified atom stereocenters. The first-order valence-electron chi connectivity index (χ1n) is 5.78. The number of nitrogens with zero attached hydrogens (tertiary/aromatic N) is 2. The van der Waals surface area contributed by atoms with E-state index in [1.165, 1.54) is 12.3 Å². The van der Waals surface area contributed by atoms with Crippen LogP contribution in [0.5, 0.6) is 0 Å². The first kappa shape index (κ1) is 11.8. The monoisotopic (exact) mass is 237 g/mol. The van der Waals surface area contributed by atoms with E-state index in [1.54, 1.807) is 11.9 Å². The summed E-state index contributed by atoms with van der Waals surface area (Å²) in [5.74, 6) is -0.701. The zero-order chi connectivity index (χ0) is 12.4. The Morgan fingerprint density at radius 2 is 2.41 bits per heavy atom. The molecule has 0 saturated carbocycles. The van der Waals surface area contributed by atoms with E-state index in [9.17, 15) is 9.18 Å². The number of anilines is 1. The minimum absolute atomic E-state index is 0.0955. The van der Waals surface area contributed by atoms with Crippen molar-refractivity contribution in [3.05, 3.63) is 23.6 Å². The van der Waals surface area contributed by atoms with Gasteiger partial charge < -0.3 is 10.2 Å². The molecule has 1 N–H and O–H groups in total. The second-order valence-electron chi connectivity index (χ2n) is 4.26.